The van der Waals surface area contributed by atoms with E-state index in [0.717, 1.165) is 11.1 Å². The monoisotopic (exact) mass is 596 g/mol. The molecule has 0 saturated carbocycles. The molecule has 1 heterocycles. The van der Waals surface area contributed by atoms with Gasteiger partial charge in [-0.05, 0) is 51.2 Å². The molecule has 5 N–H and O–H groups in total. The second kappa shape index (κ2) is 15.3. The number of likely N-dealkylation sites (tertiary alicyclic amines) is 1. The van der Waals surface area contributed by atoms with E-state index < -0.39 is 66.0 Å². The number of nitrogens with two attached hydrogens (primary N) is 1. The maximum absolute atomic E-state index is 13.4. The van der Waals surface area contributed by atoms with E-state index in [1.807, 2.05) is 11.4 Å². The Morgan fingerprint density at radius 2 is 1.60 bits per heavy atom. The van der Waals surface area contributed by atoms with Gasteiger partial charge in [-0.3, -0.25) is 19.7 Å². The van der Waals surface area contributed by atoms with Crippen LogP contribution in [0.4, 0.5) is 4.79 Å². The Bertz CT molecular complexity index is 1270. The van der Waals surface area contributed by atoms with E-state index in [-0.39, 0.29) is 19.6 Å². The van der Waals surface area contributed by atoms with E-state index in [4.69, 9.17) is 15.2 Å². The molecule has 1 fully saturated rings. The first-order valence-electron chi connectivity index (χ1n) is 14.2. The number of aliphatic hydroxyl groups is 1. The van der Waals surface area contributed by atoms with Crippen LogP contribution in [0, 0.1) is 0 Å². The predicted molar refractivity (Wildman–Crippen MR) is 156 cm³/mol. The third-order valence-electron chi connectivity index (χ3n) is 6.67. The molecule has 0 aliphatic carbocycles. The lowest BCUT2D eigenvalue weighted by Crippen LogP contribution is -2.57. The number of aliphatic hydroxyl groups excluding tert-OH is 1. The first kappa shape index (κ1) is 33.2. The van der Waals surface area contributed by atoms with Gasteiger partial charge in [-0.1, -0.05) is 60.7 Å². The van der Waals surface area contributed by atoms with E-state index in [9.17, 15) is 29.1 Å². The third-order valence-corrected chi connectivity index (χ3v) is 6.67. The van der Waals surface area contributed by atoms with Crippen LogP contribution in [0.2, 0.25) is 0 Å². The molecular formula is C31H40N4O8. The van der Waals surface area contributed by atoms with Gasteiger partial charge >= 0.3 is 12.1 Å². The Labute approximate surface area is 250 Å². The fourth-order valence-electron chi connectivity index (χ4n) is 4.60. The van der Waals surface area contributed by atoms with Gasteiger partial charge in [0.2, 0.25) is 11.8 Å². The summed E-state index contributed by atoms with van der Waals surface area (Å²) in [5.74, 6) is -2.95. The van der Waals surface area contributed by atoms with Crippen molar-refractivity contribution in [2.24, 2.45) is 5.73 Å². The van der Waals surface area contributed by atoms with Crippen molar-refractivity contribution in [2.45, 2.75) is 82.9 Å². The number of ether oxygens (including phenoxy) is 2. The van der Waals surface area contributed by atoms with Gasteiger partial charge in [0.15, 0.2) is 6.10 Å². The fraction of sp³-hybridized carbons (Fsp3) is 0.452. The summed E-state index contributed by atoms with van der Waals surface area (Å²) in [5.41, 5.74) is 6.65. The molecule has 2 aromatic rings. The lowest BCUT2D eigenvalue weighted by molar-refractivity contribution is -0.165. The topological polar surface area (TPSA) is 177 Å². The van der Waals surface area contributed by atoms with E-state index in [1.165, 1.54) is 4.90 Å². The minimum atomic E-state index is -1.72. The van der Waals surface area contributed by atoms with Crippen molar-refractivity contribution in [2.75, 3.05) is 6.54 Å². The molecule has 232 valence electrons. The number of nitrogens with one attached hydrogen (secondary N) is 2. The highest BCUT2D eigenvalue weighted by atomic mass is 16.6. The maximum Gasteiger partial charge on any atom is 0.414 e. The molecule has 4 atom stereocenters. The number of alkyl carbamates (subject to hydrolysis) is 1. The lowest BCUT2D eigenvalue weighted by atomic mass is 9.99. The molecule has 12 nitrogen and oxygen atoms in total. The van der Waals surface area contributed by atoms with Crippen LogP contribution in [0.15, 0.2) is 60.7 Å². The van der Waals surface area contributed by atoms with Gasteiger partial charge in [0.1, 0.15) is 18.2 Å². The summed E-state index contributed by atoms with van der Waals surface area (Å²) in [4.78, 5) is 64.8. The fourth-order valence-corrected chi connectivity index (χ4v) is 4.60. The lowest BCUT2D eigenvalue weighted by Gasteiger charge is -2.31. The first-order chi connectivity index (χ1) is 20.3. The average Bonchev–Trinajstić information content (AvgIpc) is 3.45. The third kappa shape index (κ3) is 10.5. The molecule has 12 heteroatoms. The summed E-state index contributed by atoms with van der Waals surface area (Å²) in [5, 5.41) is 15.8. The van der Waals surface area contributed by atoms with Gasteiger partial charge in [-0.2, -0.15) is 0 Å². The highest BCUT2D eigenvalue weighted by Crippen LogP contribution is 2.23. The summed E-state index contributed by atoms with van der Waals surface area (Å²) >= 11 is 0. The molecule has 2 aromatic carbocycles. The second-order valence-electron chi connectivity index (χ2n) is 11.4. The number of benzene rings is 2. The molecule has 43 heavy (non-hydrogen) atoms. The van der Waals surface area contributed by atoms with Gasteiger partial charge in [0.25, 0.3) is 5.91 Å². The Kier molecular flexibility index (Phi) is 11.8. The van der Waals surface area contributed by atoms with Crippen molar-refractivity contribution in [1.29, 1.82) is 0 Å². The minimum absolute atomic E-state index is 0.0502. The van der Waals surface area contributed by atoms with Crippen molar-refractivity contribution >= 4 is 29.8 Å². The summed E-state index contributed by atoms with van der Waals surface area (Å²) in [6, 6.07) is 14.4. The molecule has 1 aliphatic rings. The standard InChI is InChI=1S/C31H40N4O8/c1-31(2,3)43-29(40)24-15-10-16-35(24)28(39)26(37)23(17-20-11-6-4-7-12-20)33-27(38)22(32)18-25(36)34-30(41)42-19-21-13-8-5-9-14-21/h4-9,11-14,22-24,26,37H,10,15-19,32H2,1-3H3,(H,33,38)(H,34,36,41)/t22-,23?,24-,26?/m0/s1. The quantitative estimate of drug-likeness (QED) is 0.280. The average molecular weight is 597 g/mol. The molecule has 1 aliphatic heterocycles. The number of hydrogen-bond acceptors (Lipinski definition) is 9. The van der Waals surface area contributed by atoms with Crippen LogP contribution in [-0.2, 0) is 41.7 Å². The Balaban J connectivity index is 1.63. The molecule has 3 rings (SSSR count). The van der Waals surface area contributed by atoms with E-state index >= 15 is 0 Å². The van der Waals surface area contributed by atoms with Crippen LogP contribution < -0.4 is 16.4 Å². The van der Waals surface area contributed by atoms with Crippen molar-refractivity contribution in [3.05, 3.63) is 71.8 Å². The number of imide groups is 1. The largest absolute Gasteiger partial charge is 0.458 e. The Hall–Kier alpha value is -4.29. The Morgan fingerprint density at radius 3 is 2.21 bits per heavy atom. The van der Waals surface area contributed by atoms with Crippen molar-refractivity contribution < 1.29 is 38.6 Å². The summed E-state index contributed by atoms with van der Waals surface area (Å²) in [6.45, 7) is 5.37. The van der Waals surface area contributed by atoms with Gasteiger partial charge < -0.3 is 30.5 Å². The van der Waals surface area contributed by atoms with Gasteiger partial charge in [0, 0.05) is 6.54 Å². The zero-order valence-corrected chi connectivity index (χ0v) is 24.7. The number of amides is 4. The summed E-state index contributed by atoms with van der Waals surface area (Å²) < 4.78 is 10.5. The minimum Gasteiger partial charge on any atom is -0.458 e. The van der Waals surface area contributed by atoms with Crippen LogP contribution in [0.5, 0.6) is 0 Å². The van der Waals surface area contributed by atoms with Crippen molar-refractivity contribution in [3.63, 3.8) is 0 Å². The highest BCUT2D eigenvalue weighted by molar-refractivity contribution is 5.95. The van der Waals surface area contributed by atoms with Crippen LogP contribution in [0.3, 0.4) is 0 Å². The molecule has 4 amide bonds. The van der Waals surface area contributed by atoms with Crippen molar-refractivity contribution in [1.82, 2.24) is 15.5 Å². The maximum atomic E-state index is 13.4. The van der Waals surface area contributed by atoms with Crippen LogP contribution in [-0.4, -0.2) is 76.2 Å². The number of carbonyl (C=O) groups excluding carboxylic acids is 5. The van der Waals surface area contributed by atoms with Crippen LogP contribution >= 0.6 is 0 Å². The number of carbonyl (C=O) groups is 5. The van der Waals surface area contributed by atoms with Crippen LogP contribution in [0.25, 0.3) is 0 Å². The molecule has 0 spiro atoms. The molecule has 2 unspecified atom stereocenters. The molecule has 0 bridgehead atoms. The smallest absolute Gasteiger partial charge is 0.414 e. The number of esters is 1. The number of rotatable bonds is 11. The molecule has 0 radical (unpaired) electrons. The van der Waals surface area contributed by atoms with Crippen molar-refractivity contribution in [3.8, 4) is 0 Å². The predicted octanol–water partition coefficient (Wildman–Crippen LogP) is 1.58. The van der Waals surface area contributed by atoms with E-state index in [1.54, 1.807) is 75.4 Å². The van der Waals surface area contributed by atoms with E-state index in [2.05, 4.69) is 5.32 Å². The van der Waals surface area contributed by atoms with E-state index in [0.29, 0.717) is 12.8 Å². The van der Waals surface area contributed by atoms with Crippen LogP contribution in [0.1, 0.15) is 51.2 Å². The summed E-state index contributed by atoms with van der Waals surface area (Å²) in [6.07, 6.45) is -2.27. The zero-order chi connectivity index (χ0) is 31.6. The van der Waals surface area contributed by atoms with Gasteiger partial charge in [-0.25, -0.2) is 9.59 Å². The molecule has 0 aromatic heterocycles. The zero-order valence-electron chi connectivity index (χ0n) is 24.7. The Morgan fingerprint density at radius 1 is 1.00 bits per heavy atom. The highest BCUT2D eigenvalue weighted by Gasteiger charge is 2.41. The number of hydrogen-bond donors (Lipinski definition) is 4. The van der Waals surface area contributed by atoms with Gasteiger partial charge in [0.05, 0.1) is 18.5 Å². The summed E-state index contributed by atoms with van der Waals surface area (Å²) in [7, 11) is 0. The molecule has 1 saturated heterocycles. The molecular weight excluding hydrogens is 556 g/mol. The SMILES string of the molecule is CC(C)(C)OC(=O)[C@@H]1CCCN1C(=O)C(O)C(Cc1ccccc1)NC(=O)[C@@H](N)CC(=O)NC(=O)OCc1ccccc1. The normalized spacial score (nSPS) is 16.9. The first-order valence-corrected chi connectivity index (χ1v) is 14.2. The number of nitrogens with zero attached hydrogens (tertiary/aromatic N) is 1. The second-order valence-corrected chi connectivity index (χ2v) is 11.4. The van der Waals surface area contributed by atoms with Gasteiger partial charge in [-0.15, -0.1) is 0 Å².